The van der Waals surface area contributed by atoms with E-state index in [1.54, 1.807) is 6.07 Å². The van der Waals surface area contributed by atoms with Gasteiger partial charge in [0, 0.05) is 12.6 Å². The molecular weight excluding hydrogens is 356 g/mol. The molecule has 2 amide bonds. The zero-order valence-corrected chi connectivity index (χ0v) is 16.9. The summed E-state index contributed by atoms with van der Waals surface area (Å²) in [5.74, 6) is 0.298. The standard InChI is InChI=1S/C21H28N4O3/c1-13(2)22-20(26)18-16-10-7-8-12-25(16)19(24-18)21(27)23-15-9-5-6-11-17(15)28-14(3)4/h5-6,9,11,13-14H,7-8,10,12H2,1-4H3,(H,22,26)(H,23,27). The number of amides is 2. The summed E-state index contributed by atoms with van der Waals surface area (Å²) in [6.07, 6.45) is 2.68. The Labute approximate surface area is 165 Å². The number of nitrogens with one attached hydrogen (secondary N) is 2. The second-order valence-electron chi connectivity index (χ2n) is 7.58. The van der Waals surface area contributed by atoms with Crippen molar-refractivity contribution in [2.75, 3.05) is 5.32 Å². The van der Waals surface area contributed by atoms with Crippen molar-refractivity contribution in [2.24, 2.45) is 0 Å². The quantitative estimate of drug-likeness (QED) is 0.799. The number of ether oxygens (including phenoxy) is 1. The minimum atomic E-state index is -0.341. The molecule has 7 nitrogen and oxygen atoms in total. The Morgan fingerprint density at radius 3 is 2.57 bits per heavy atom. The number of hydrogen-bond donors (Lipinski definition) is 2. The number of carbonyl (C=O) groups is 2. The monoisotopic (exact) mass is 384 g/mol. The first-order valence-electron chi connectivity index (χ1n) is 9.84. The van der Waals surface area contributed by atoms with Gasteiger partial charge in [-0.1, -0.05) is 12.1 Å². The largest absolute Gasteiger partial charge is 0.489 e. The number of para-hydroxylation sites is 2. The van der Waals surface area contributed by atoms with Crippen LogP contribution in [-0.4, -0.2) is 33.5 Å². The number of aromatic nitrogens is 2. The van der Waals surface area contributed by atoms with Crippen molar-refractivity contribution >= 4 is 17.5 Å². The lowest BCUT2D eigenvalue weighted by molar-refractivity contribution is 0.0937. The Hall–Kier alpha value is -2.83. The zero-order valence-electron chi connectivity index (χ0n) is 16.9. The first-order chi connectivity index (χ1) is 13.4. The lowest BCUT2D eigenvalue weighted by atomic mass is 10.1. The van der Waals surface area contributed by atoms with E-state index in [1.165, 1.54) is 0 Å². The van der Waals surface area contributed by atoms with Gasteiger partial charge in [0.1, 0.15) is 11.4 Å². The van der Waals surface area contributed by atoms with Crippen LogP contribution in [-0.2, 0) is 13.0 Å². The Bertz CT molecular complexity index is 871. The van der Waals surface area contributed by atoms with E-state index in [1.807, 2.05) is 50.5 Å². The second-order valence-corrected chi connectivity index (χ2v) is 7.58. The smallest absolute Gasteiger partial charge is 0.291 e. The Morgan fingerprint density at radius 2 is 1.86 bits per heavy atom. The Morgan fingerprint density at radius 1 is 1.11 bits per heavy atom. The number of rotatable bonds is 6. The number of imidazole rings is 1. The van der Waals surface area contributed by atoms with Crippen LogP contribution in [0, 0.1) is 0 Å². The molecule has 1 aliphatic rings. The minimum absolute atomic E-state index is 0.00535. The SMILES string of the molecule is CC(C)NC(=O)c1nc(C(=O)Nc2ccccc2OC(C)C)n2c1CCCC2. The van der Waals surface area contributed by atoms with E-state index in [9.17, 15) is 9.59 Å². The fraction of sp³-hybridized carbons (Fsp3) is 0.476. The molecular formula is C21H28N4O3. The van der Waals surface area contributed by atoms with Gasteiger partial charge in [0.25, 0.3) is 11.8 Å². The average molecular weight is 384 g/mol. The predicted octanol–water partition coefficient (Wildman–Crippen LogP) is 3.40. The highest BCUT2D eigenvalue weighted by atomic mass is 16.5. The second kappa shape index (κ2) is 8.46. The van der Waals surface area contributed by atoms with Gasteiger partial charge in [0.15, 0.2) is 5.82 Å². The van der Waals surface area contributed by atoms with Crippen LogP contribution in [0.5, 0.6) is 5.75 Å². The maximum absolute atomic E-state index is 13.0. The molecule has 150 valence electrons. The molecule has 1 aromatic carbocycles. The lowest BCUT2D eigenvalue weighted by Crippen LogP contribution is -2.31. The van der Waals surface area contributed by atoms with E-state index in [0.717, 1.165) is 25.0 Å². The summed E-state index contributed by atoms with van der Waals surface area (Å²) in [6.45, 7) is 8.36. The molecule has 3 rings (SSSR count). The minimum Gasteiger partial charge on any atom is -0.489 e. The summed E-state index contributed by atoms with van der Waals surface area (Å²) in [5, 5.41) is 5.77. The van der Waals surface area contributed by atoms with Crippen LogP contribution >= 0.6 is 0 Å². The zero-order chi connectivity index (χ0) is 20.3. The first kappa shape index (κ1) is 19.9. The predicted molar refractivity (Wildman–Crippen MR) is 108 cm³/mol. The number of anilines is 1. The van der Waals surface area contributed by atoms with Gasteiger partial charge in [-0.25, -0.2) is 4.98 Å². The summed E-state index contributed by atoms with van der Waals surface area (Å²) < 4.78 is 7.65. The van der Waals surface area contributed by atoms with Crippen molar-refractivity contribution in [3.8, 4) is 5.75 Å². The third-order valence-electron chi connectivity index (χ3n) is 4.45. The summed E-state index contributed by atoms with van der Waals surface area (Å²) >= 11 is 0. The molecule has 0 spiro atoms. The molecule has 0 bridgehead atoms. The van der Waals surface area contributed by atoms with Gasteiger partial charge in [0.05, 0.1) is 17.5 Å². The van der Waals surface area contributed by atoms with Crippen molar-refractivity contribution in [3.05, 3.63) is 41.5 Å². The van der Waals surface area contributed by atoms with Crippen molar-refractivity contribution in [1.29, 1.82) is 0 Å². The maximum Gasteiger partial charge on any atom is 0.291 e. The fourth-order valence-corrected chi connectivity index (χ4v) is 3.33. The van der Waals surface area contributed by atoms with Crippen molar-refractivity contribution < 1.29 is 14.3 Å². The summed E-state index contributed by atoms with van der Waals surface area (Å²) in [6, 6.07) is 7.32. The summed E-state index contributed by atoms with van der Waals surface area (Å²) in [5.41, 5.74) is 1.77. The van der Waals surface area contributed by atoms with E-state index < -0.39 is 0 Å². The maximum atomic E-state index is 13.0. The Kier molecular flexibility index (Phi) is 6.02. The number of hydrogen-bond acceptors (Lipinski definition) is 4. The van der Waals surface area contributed by atoms with Gasteiger partial charge in [0.2, 0.25) is 0 Å². The number of fused-ring (bicyclic) bond motifs is 1. The summed E-state index contributed by atoms with van der Waals surface area (Å²) in [7, 11) is 0. The average Bonchev–Trinajstić information content (AvgIpc) is 3.02. The molecule has 0 saturated carbocycles. The molecule has 1 aliphatic heterocycles. The summed E-state index contributed by atoms with van der Waals surface area (Å²) in [4.78, 5) is 30.0. The molecule has 1 aromatic heterocycles. The molecule has 2 heterocycles. The Balaban J connectivity index is 1.90. The van der Waals surface area contributed by atoms with Gasteiger partial charge in [-0.05, 0) is 59.1 Å². The van der Waals surface area contributed by atoms with Crippen LogP contribution in [0.1, 0.15) is 67.3 Å². The van der Waals surface area contributed by atoms with Gasteiger partial charge in [-0.3, -0.25) is 9.59 Å². The molecule has 0 fully saturated rings. The third kappa shape index (κ3) is 4.35. The van der Waals surface area contributed by atoms with Gasteiger partial charge < -0.3 is 19.9 Å². The highest BCUT2D eigenvalue weighted by molar-refractivity contribution is 6.04. The van der Waals surface area contributed by atoms with Crippen LogP contribution in [0.3, 0.4) is 0 Å². The van der Waals surface area contributed by atoms with Gasteiger partial charge in [-0.2, -0.15) is 0 Å². The van der Waals surface area contributed by atoms with E-state index in [4.69, 9.17) is 4.74 Å². The number of carbonyl (C=O) groups excluding carboxylic acids is 2. The normalized spacial score (nSPS) is 13.4. The molecule has 2 aromatic rings. The molecule has 0 atom stereocenters. The van der Waals surface area contributed by atoms with E-state index >= 15 is 0 Å². The van der Waals surface area contributed by atoms with Gasteiger partial charge in [-0.15, -0.1) is 0 Å². The van der Waals surface area contributed by atoms with Crippen LogP contribution < -0.4 is 15.4 Å². The van der Waals surface area contributed by atoms with Crippen LogP contribution in [0.4, 0.5) is 5.69 Å². The van der Waals surface area contributed by atoms with Gasteiger partial charge >= 0.3 is 0 Å². The third-order valence-corrected chi connectivity index (χ3v) is 4.45. The van der Waals surface area contributed by atoms with Crippen LogP contribution in [0.2, 0.25) is 0 Å². The topological polar surface area (TPSA) is 85.2 Å². The van der Waals surface area contributed by atoms with E-state index in [-0.39, 0.29) is 29.8 Å². The molecule has 7 heteroatoms. The highest BCUT2D eigenvalue weighted by Gasteiger charge is 2.28. The first-order valence-corrected chi connectivity index (χ1v) is 9.84. The van der Waals surface area contributed by atoms with Crippen molar-refractivity contribution in [3.63, 3.8) is 0 Å². The number of benzene rings is 1. The van der Waals surface area contributed by atoms with Crippen molar-refractivity contribution in [2.45, 2.75) is 65.6 Å². The molecule has 28 heavy (non-hydrogen) atoms. The van der Waals surface area contributed by atoms with Crippen molar-refractivity contribution in [1.82, 2.24) is 14.9 Å². The molecule has 0 aliphatic carbocycles. The van der Waals surface area contributed by atoms with Crippen LogP contribution in [0.15, 0.2) is 24.3 Å². The number of nitrogens with zero attached hydrogens (tertiary/aromatic N) is 2. The highest BCUT2D eigenvalue weighted by Crippen LogP contribution is 2.27. The fourth-order valence-electron chi connectivity index (χ4n) is 3.33. The molecule has 0 unspecified atom stereocenters. The molecule has 0 radical (unpaired) electrons. The van der Waals surface area contributed by atoms with Crippen LogP contribution in [0.25, 0.3) is 0 Å². The van der Waals surface area contributed by atoms with E-state index in [2.05, 4.69) is 15.6 Å². The molecule has 2 N–H and O–H groups in total. The molecule has 0 saturated heterocycles. The van der Waals surface area contributed by atoms with E-state index in [0.29, 0.717) is 23.7 Å². The lowest BCUT2D eigenvalue weighted by Gasteiger charge is -2.18.